The number of piperidine rings is 2. The van der Waals surface area contributed by atoms with E-state index < -0.39 is 12.2 Å². The number of nitrogens with zero attached hydrogens (tertiary/aromatic N) is 5. The van der Waals surface area contributed by atoms with Gasteiger partial charge in [-0.2, -0.15) is 0 Å². The van der Waals surface area contributed by atoms with Crippen LogP contribution >= 0.6 is 0 Å². The molecule has 6 rings (SSSR count). The van der Waals surface area contributed by atoms with Gasteiger partial charge in [-0.1, -0.05) is 30.3 Å². The minimum atomic E-state index is -1.01. The van der Waals surface area contributed by atoms with Crippen molar-refractivity contribution in [2.24, 2.45) is 0 Å². The zero-order chi connectivity index (χ0) is 36.1. The zero-order valence-electron chi connectivity index (χ0n) is 30.1. The first kappa shape index (κ1) is 36.4. The fourth-order valence-corrected chi connectivity index (χ4v) is 8.05. The fourth-order valence-electron chi connectivity index (χ4n) is 8.05. The van der Waals surface area contributed by atoms with Gasteiger partial charge < -0.3 is 34.6 Å². The van der Waals surface area contributed by atoms with Crippen LogP contribution < -0.4 is 5.32 Å². The lowest BCUT2D eigenvalue weighted by molar-refractivity contribution is -0.143. The second-order valence-electron chi connectivity index (χ2n) is 14.3. The van der Waals surface area contributed by atoms with E-state index in [2.05, 4.69) is 15.1 Å². The Kier molecular flexibility index (Phi) is 11.7. The first-order chi connectivity index (χ1) is 24.6. The Hall–Kier alpha value is -4.36. The smallest absolute Gasteiger partial charge is 0.410 e. The SMILES string of the molecule is COC(=O)CN1CCC(N2CCN(C(=O)[C@@H](Cc3cc(C)c(O)c(C)c3)OC(=O)N3CCC(N4CCc5ccccc5NC4=O)CC3)CC2)CC1. The molecule has 3 saturated heterocycles. The number of piperazine rings is 1. The number of aryl methyl sites for hydroxylation is 2. The molecule has 0 aromatic heterocycles. The number of anilines is 1. The molecule has 13 nitrogen and oxygen atoms in total. The first-order valence-electron chi connectivity index (χ1n) is 18.3. The normalized spacial score (nSPS) is 20.3. The van der Waals surface area contributed by atoms with Crippen LogP contribution in [0.25, 0.3) is 0 Å². The molecular formula is C38H52N6O7. The molecule has 2 N–H and O–H groups in total. The average molecular weight is 705 g/mol. The van der Waals surface area contributed by atoms with Crippen LogP contribution in [-0.4, -0.2) is 144 Å². The first-order valence-corrected chi connectivity index (χ1v) is 18.3. The molecule has 51 heavy (non-hydrogen) atoms. The van der Waals surface area contributed by atoms with Gasteiger partial charge in [-0.25, -0.2) is 9.59 Å². The van der Waals surface area contributed by atoms with E-state index >= 15 is 0 Å². The number of fused-ring (bicyclic) bond motifs is 1. The van der Waals surface area contributed by atoms with Crippen molar-refractivity contribution >= 4 is 29.7 Å². The van der Waals surface area contributed by atoms with E-state index in [0.29, 0.717) is 69.3 Å². The molecule has 13 heteroatoms. The van der Waals surface area contributed by atoms with Crippen molar-refractivity contribution in [3.63, 3.8) is 0 Å². The van der Waals surface area contributed by atoms with Gasteiger partial charge in [0.15, 0.2) is 6.10 Å². The predicted molar refractivity (Wildman–Crippen MR) is 192 cm³/mol. The van der Waals surface area contributed by atoms with E-state index in [9.17, 15) is 24.3 Å². The molecule has 0 bridgehead atoms. The molecule has 4 amide bonds. The number of hydrogen-bond donors (Lipinski definition) is 2. The molecular weight excluding hydrogens is 652 g/mol. The second kappa shape index (κ2) is 16.3. The highest BCUT2D eigenvalue weighted by Gasteiger charge is 2.36. The molecule has 0 radical (unpaired) electrons. The molecule has 4 aliphatic heterocycles. The topological polar surface area (TPSA) is 135 Å². The Morgan fingerprint density at radius 1 is 0.863 bits per heavy atom. The molecule has 4 aliphatic rings. The van der Waals surface area contributed by atoms with Crippen LogP contribution in [-0.2, 0) is 31.9 Å². The van der Waals surface area contributed by atoms with Gasteiger partial charge in [0.05, 0.1) is 13.7 Å². The largest absolute Gasteiger partial charge is 0.507 e. The number of para-hydroxylation sites is 1. The average Bonchev–Trinajstić information content (AvgIpc) is 3.31. The Morgan fingerprint density at radius 3 is 2.18 bits per heavy atom. The van der Waals surface area contributed by atoms with Crippen molar-refractivity contribution < 1.29 is 33.8 Å². The number of phenols is 1. The molecule has 0 aliphatic carbocycles. The summed E-state index contributed by atoms with van der Waals surface area (Å²) in [5.74, 6) is -0.211. The van der Waals surface area contributed by atoms with E-state index in [0.717, 1.165) is 62.3 Å². The monoisotopic (exact) mass is 704 g/mol. The third-order valence-corrected chi connectivity index (χ3v) is 11.1. The molecule has 4 heterocycles. The third kappa shape index (κ3) is 8.75. The number of methoxy groups -OCH3 is 1. The molecule has 0 unspecified atom stereocenters. The highest BCUT2D eigenvalue weighted by Crippen LogP contribution is 2.27. The lowest BCUT2D eigenvalue weighted by Gasteiger charge is -2.43. The number of nitrogens with one attached hydrogen (secondary N) is 1. The van der Waals surface area contributed by atoms with Gasteiger partial charge >= 0.3 is 18.1 Å². The van der Waals surface area contributed by atoms with E-state index in [1.54, 1.807) is 4.90 Å². The number of rotatable bonds is 8. The van der Waals surface area contributed by atoms with Gasteiger partial charge in [0, 0.05) is 83.1 Å². The number of phenolic OH excluding ortho intramolecular Hbond substituents is 1. The number of carbonyl (C=O) groups is 4. The van der Waals surface area contributed by atoms with Crippen LogP contribution in [0.3, 0.4) is 0 Å². The molecule has 276 valence electrons. The quantitative estimate of drug-likeness (QED) is 0.397. The van der Waals surface area contributed by atoms with Crippen molar-refractivity contribution in [3.05, 3.63) is 58.7 Å². The highest BCUT2D eigenvalue weighted by atomic mass is 16.6. The number of amides is 4. The fraction of sp³-hybridized carbons (Fsp3) is 0.579. The highest BCUT2D eigenvalue weighted by molar-refractivity contribution is 5.91. The Balaban J connectivity index is 1.06. The predicted octanol–water partition coefficient (Wildman–Crippen LogP) is 3.39. The summed E-state index contributed by atoms with van der Waals surface area (Å²) in [6.07, 6.45) is 2.59. The second-order valence-corrected chi connectivity index (χ2v) is 14.3. The third-order valence-electron chi connectivity index (χ3n) is 11.1. The zero-order valence-corrected chi connectivity index (χ0v) is 30.1. The summed E-state index contributed by atoms with van der Waals surface area (Å²) in [5, 5.41) is 13.4. The Bertz CT molecular complexity index is 1560. The lowest BCUT2D eigenvalue weighted by Crippen LogP contribution is -2.56. The number of hydrogen-bond acceptors (Lipinski definition) is 9. The number of likely N-dealkylation sites (tertiary alicyclic amines) is 2. The summed E-state index contributed by atoms with van der Waals surface area (Å²) >= 11 is 0. The summed E-state index contributed by atoms with van der Waals surface area (Å²) in [6.45, 7) is 9.62. The summed E-state index contributed by atoms with van der Waals surface area (Å²) < 4.78 is 10.9. The van der Waals surface area contributed by atoms with E-state index in [-0.39, 0.29) is 36.1 Å². The minimum absolute atomic E-state index is 0.000111. The van der Waals surface area contributed by atoms with Crippen LogP contribution in [0.4, 0.5) is 15.3 Å². The standard InChI is InChI=1S/C38H52N6O7/c1-26-22-28(23-27(2)35(26)46)24-33(36(47)42-20-18-41(19-21-42)30-9-13-40(14-10-30)25-34(45)50-3)51-38(49)43-15-11-31(12-16-43)44-17-8-29-6-4-5-7-32(29)39-37(44)48/h4-7,22-23,30-31,33,46H,8-21,24-25H2,1-3H3,(H,39,48)/t33-/m1/s1. The van der Waals surface area contributed by atoms with Crippen molar-refractivity contribution in [2.75, 3.05) is 77.9 Å². The number of urea groups is 1. The van der Waals surface area contributed by atoms with Gasteiger partial charge in [-0.15, -0.1) is 0 Å². The van der Waals surface area contributed by atoms with Crippen LogP contribution in [0.15, 0.2) is 36.4 Å². The van der Waals surface area contributed by atoms with E-state index in [1.807, 2.05) is 60.0 Å². The molecule has 1 atom stereocenters. The molecule has 3 fully saturated rings. The van der Waals surface area contributed by atoms with Crippen LogP contribution in [0, 0.1) is 13.8 Å². The molecule has 2 aromatic carbocycles. The summed E-state index contributed by atoms with van der Waals surface area (Å²) in [5.41, 5.74) is 4.19. The number of aromatic hydroxyl groups is 1. The van der Waals surface area contributed by atoms with Crippen molar-refractivity contribution in [1.82, 2.24) is 24.5 Å². The van der Waals surface area contributed by atoms with Gasteiger partial charge in [0.1, 0.15) is 5.75 Å². The van der Waals surface area contributed by atoms with Gasteiger partial charge in [-0.05, 0) is 74.3 Å². The summed E-state index contributed by atoms with van der Waals surface area (Å²) in [6, 6.07) is 11.8. The maximum absolute atomic E-state index is 14.1. The molecule has 2 aromatic rings. The van der Waals surface area contributed by atoms with Crippen LogP contribution in [0.2, 0.25) is 0 Å². The number of benzene rings is 2. The molecule has 0 spiro atoms. The van der Waals surface area contributed by atoms with E-state index in [4.69, 9.17) is 9.47 Å². The van der Waals surface area contributed by atoms with Gasteiger partial charge in [-0.3, -0.25) is 19.4 Å². The molecule has 0 saturated carbocycles. The van der Waals surface area contributed by atoms with Gasteiger partial charge in [0.25, 0.3) is 5.91 Å². The van der Waals surface area contributed by atoms with Gasteiger partial charge in [0.2, 0.25) is 0 Å². The van der Waals surface area contributed by atoms with Crippen molar-refractivity contribution in [2.45, 2.75) is 70.6 Å². The number of ether oxygens (including phenoxy) is 2. The Labute approximate surface area is 300 Å². The minimum Gasteiger partial charge on any atom is -0.507 e. The van der Waals surface area contributed by atoms with Crippen molar-refractivity contribution in [3.8, 4) is 5.75 Å². The van der Waals surface area contributed by atoms with Crippen molar-refractivity contribution in [1.29, 1.82) is 0 Å². The number of esters is 1. The van der Waals surface area contributed by atoms with E-state index in [1.165, 1.54) is 7.11 Å². The summed E-state index contributed by atoms with van der Waals surface area (Å²) in [7, 11) is 1.41. The number of carbonyl (C=O) groups excluding carboxylic acids is 4. The maximum atomic E-state index is 14.1. The van der Waals surface area contributed by atoms with Crippen LogP contribution in [0.5, 0.6) is 5.75 Å². The summed E-state index contributed by atoms with van der Waals surface area (Å²) in [4.78, 5) is 62.5. The maximum Gasteiger partial charge on any atom is 0.410 e. The lowest BCUT2D eigenvalue weighted by atomic mass is 10.00. The Morgan fingerprint density at radius 2 is 1.51 bits per heavy atom. The van der Waals surface area contributed by atoms with Crippen LogP contribution in [0.1, 0.15) is 47.9 Å².